The Kier molecular flexibility index (Phi) is 5.74. The molecule has 1 aromatic heterocycles. The van der Waals surface area contributed by atoms with Gasteiger partial charge in [-0.25, -0.2) is 14.8 Å². The van der Waals surface area contributed by atoms with Gasteiger partial charge in [0.2, 0.25) is 0 Å². The molecule has 1 unspecified atom stereocenters. The van der Waals surface area contributed by atoms with E-state index in [1.54, 1.807) is 0 Å². The van der Waals surface area contributed by atoms with Crippen LogP contribution in [0.3, 0.4) is 0 Å². The van der Waals surface area contributed by atoms with Crippen molar-refractivity contribution in [3.05, 3.63) is 16.5 Å². The van der Waals surface area contributed by atoms with Crippen molar-refractivity contribution in [1.82, 2.24) is 9.97 Å². The highest BCUT2D eigenvalue weighted by Gasteiger charge is 2.25. The smallest absolute Gasteiger partial charge is 0.328 e. The average molecular weight is 300 g/mol. The first-order valence-corrected chi connectivity index (χ1v) is 7.04. The van der Waals surface area contributed by atoms with E-state index in [0.717, 1.165) is 5.56 Å². The molecule has 6 heteroatoms. The summed E-state index contributed by atoms with van der Waals surface area (Å²) in [6.45, 7) is 9.69. The molecule has 1 N–H and O–H groups in total. The number of anilines is 1. The maximum Gasteiger partial charge on any atom is 0.328 e. The Morgan fingerprint density at radius 2 is 1.85 bits per heavy atom. The number of halogens is 1. The highest BCUT2D eigenvalue weighted by atomic mass is 35.5. The second kappa shape index (κ2) is 6.88. The summed E-state index contributed by atoms with van der Waals surface area (Å²) in [6, 6.07) is -0.468. The summed E-state index contributed by atoms with van der Waals surface area (Å²) in [5, 5.41) is 3.52. The van der Waals surface area contributed by atoms with Gasteiger partial charge in [-0.05, 0) is 12.8 Å². The van der Waals surface area contributed by atoms with Crippen LogP contribution in [0.25, 0.3) is 0 Å². The monoisotopic (exact) mass is 299 g/mol. The van der Waals surface area contributed by atoms with Crippen molar-refractivity contribution in [2.75, 3.05) is 12.4 Å². The van der Waals surface area contributed by atoms with Gasteiger partial charge in [0.15, 0.2) is 0 Å². The summed E-state index contributed by atoms with van der Waals surface area (Å²) in [5.74, 6) is 1.14. The molecule has 112 valence electrons. The van der Waals surface area contributed by atoms with Gasteiger partial charge in [0, 0.05) is 11.5 Å². The summed E-state index contributed by atoms with van der Waals surface area (Å²) < 4.78 is 4.82. The highest BCUT2D eigenvalue weighted by molar-refractivity contribution is 6.30. The number of carbonyl (C=O) groups is 1. The number of aromatic nitrogens is 2. The van der Waals surface area contributed by atoms with Crippen LogP contribution in [0.2, 0.25) is 5.15 Å². The molecule has 0 aromatic carbocycles. The first kappa shape index (κ1) is 16.7. The van der Waals surface area contributed by atoms with Gasteiger partial charge >= 0.3 is 5.97 Å². The molecule has 0 bridgehead atoms. The summed E-state index contributed by atoms with van der Waals surface area (Å²) in [7, 11) is 1.37. The fraction of sp³-hybridized carbons (Fsp3) is 0.643. The topological polar surface area (TPSA) is 64.1 Å². The van der Waals surface area contributed by atoms with E-state index in [4.69, 9.17) is 16.3 Å². The van der Waals surface area contributed by atoms with Crippen molar-refractivity contribution in [2.24, 2.45) is 5.92 Å². The number of nitrogens with one attached hydrogen (secondary N) is 1. The van der Waals surface area contributed by atoms with Crippen molar-refractivity contribution >= 4 is 23.4 Å². The van der Waals surface area contributed by atoms with Gasteiger partial charge in [-0.15, -0.1) is 0 Å². The van der Waals surface area contributed by atoms with Gasteiger partial charge in [-0.1, -0.05) is 39.3 Å². The molecule has 0 aliphatic rings. The second-order valence-corrected chi connectivity index (χ2v) is 5.75. The number of nitrogens with zero attached hydrogens (tertiary/aromatic N) is 2. The lowest BCUT2D eigenvalue weighted by atomic mass is 10.0. The number of rotatable bonds is 5. The van der Waals surface area contributed by atoms with E-state index in [1.807, 2.05) is 34.6 Å². The molecule has 0 spiro atoms. The second-order valence-electron chi connectivity index (χ2n) is 5.39. The Labute approximate surface area is 125 Å². The normalized spacial score (nSPS) is 12.7. The molecule has 0 aliphatic heterocycles. The van der Waals surface area contributed by atoms with Crippen molar-refractivity contribution in [1.29, 1.82) is 0 Å². The molecule has 0 amide bonds. The standard InChI is InChI=1S/C14H22ClN3O2/c1-7(2)10(14(19)20-6)16-13-9(5)11(15)17-12(18-13)8(3)4/h7-8,10H,1-6H3,(H,16,17,18). The molecule has 1 heterocycles. The zero-order valence-corrected chi connectivity index (χ0v) is 13.6. The minimum atomic E-state index is -0.468. The molecule has 1 rings (SSSR count). The predicted molar refractivity (Wildman–Crippen MR) is 80.1 cm³/mol. The van der Waals surface area contributed by atoms with Crippen molar-refractivity contribution in [2.45, 2.75) is 46.6 Å². The summed E-state index contributed by atoms with van der Waals surface area (Å²) in [4.78, 5) is 20.5. The Bertz CT molecular complexity index is 490. The Hall–Kier alpha value is -1.36. The van der Waals surface area contributed by atoms with Crippen LogP contribution in [0.5, 0.6) is 0 Å². The van der Waals surface area contributed by atoms with E-state index >= 15 is 0 Å². The number of esters is 1. The summed E-state index contributed by atoms with van der Waals surface area (Å²) in [6.07, 6.45) is 0. The third kappa shape index (κ3) is 3.82. The SMILES string of the molecule is COC(=O)C(Nc1nc(C(C)C)nc(Cl)c1C)C(C)C. The van der Waals surface area contributed by atoms with Gasteiger partial charge in [-0.3, -0.25) is 0 Å². The molecule has 0 radical (unpaired) electrons. The first-order valence-electron chi connectivity index (χ1n) is 6.66. The largest absolute Gasteiger partial charge is 0.467 e. The first-order chi connectivity index (χ1) is 9.27. The number of hydrogen-bond donors (Lipinski definition) is 1. The quantitative estimate of drug-likeness (QED) is 0.668. The number of ether oxygens (including phenoxy) is 1. The fourth-order valence-corrected chi connectivity index (χ4v) is 1.85. The van der Waals surface area contributed by atoms with E-state index in [2.05, 4.69) is 15.3 Å². The third-order valence-electron chi connectivity index (χ3n) is 3.03. The summed E-state index contributed by atoms with van der Waals surface area (Å²) in [5.41, 5.74) is 0.727. The number of carbonyl (C=O) groups excluding carboxylic acids is 1. The molecule has 0 saturated carbocycles. The van der Waals surface area contributed by atoms with Gasteiger partial charge in [0.25, 0.3) is 0 Å². The molecule has 0 fully saturated rings. The molecule has 1 atom stereocenters. The molecule has 20 heavy (non-hydrogen) atoms. The van der Waals surface area contributed by atoms with Crippen LogP contribution < -0.4 is 5.32 Å². The Balaban J connectivity index is 3.15. The van der Waals surface area contributed by atoms with Gasteiger partial charge in [0.05, 0.1) is 7.11 Å². The van der Waals surface area contributed by atoms with E-state index < -0.39 is 6.04 Å². The van der Waals surface area contributed by atoms with E-state index in [1.165, 1.54) is 7.11 Å². The highest BCUT2D eigenvalue weighted by Crippen LogP contribution is 2.24. The molecule has 5 nitrogen and oxygen atoms in total. The van der Waals surface area contributed by atoms with Crippen LogP contribution in [0.4, 0.5) is 5.82 Å². The minimum Gasteiger partial charge on any atom is -0.467 e. The number of hydrogen-bond acceptors (Lipinski definition) is 5. The number of methoxy groups -OCH3 is 1. The lowest BCUT2D eigenvalue weighted by Gasteiger charge is -2.22. The van der Waals surface area contributed by atoms with Crippen LogP contribution in [0.15, 0.2) is 0 Å². The van der Waals surface area contributed by atoms with Gasteiger partial charge < -0.3 is 10.1 Å². The zero-order valence-electron chi connectivity index (χ0n) is 12.8. The Morgan fingerprint density at radius 1 is 1.25 bits per heavy atom. The van der Waals surface area contributed by atoms with E-state index in [-0.39, 0.29) is 17.8 Å². The molecular weight excluding hydrogens is 278 g/mol. The van der Waals surface area contributed by atoms with E-state index in [9.17, 15) is 4.79 Å². The van der Waals surface area contributed by atoms with Crippen LogP contribution in [-0.2, 0) is 9.53 Å². The van der Waals surface area contributed by atoms with Crippen LogP contribution in [0.1, 0.15) is 45.0 Å². The van der Waals surface area contributed by atoms with Crippen LogP contribution in [-0.4, -0.2) is 29.1 Å². The van der Waals surface area contributed by atoms with Crippen molar-refractivity contribution in [3.63, 3.8) is 0 Å². The van der Waals surface area contributed by atoms with Crippen LogP contribution in [0, 0.1) is 12.8 Å². The molecular formula is C14H22ClN3O2. The van der Waals surface area contributed by atoms with E-state index in [0.29, 0.717) is 16.8 Å². The van der Waals surface area contributed by atoms with Crippen molar-refractivity contribution < 1.29 is 9.53 Å². The third-order valence-corrected chi connectivity index (χ3v) is 3.40. The maximum atomic E-state index is 11.8. The fourth-order valence-electron chi connectivity index (χ4n) is 1.68. The Morgan fingerprint density at radius 3 is 2.30 bits per heavy atom. The minimum absolute atomic E-state index is 0.0677. The maximum absolute atomic E-state index is 11.8. The zero-order chi connectivity index (χ0) is 15.4. The van der Waals surface area contributed by atoms with Crippen LogP contribution >= 0.6 is 11.6 Å². The molecule has 0 aliphatic carbocycles. The average Bonchev–Trinajstić information content (AvgIpc) is 2.38. The van der Waals surface area contributed by atoms with Crippen molar-refractivity contribution in [3.8, 4) is 0 Å². The lowest BCUT2D eigenvalue weighted by Crippen LogP contribution is -2.36. The predicted octanol–water partition coefficient (Wildman–Crippen LogP) is 3.17. The summed E-state index contributed by atoms with van der Waals surface area (Å²) >= 11 is 6.13. The van der Waals surface area contributed by atoms with Gasteiger partial charge in [0.1, 0.15) is 22.8 Å². The molecule has 0 saturated heterocycles. The molecule has 1 aromatic rings. The lowest BCUT2D eigenvalue weighted by molar-refractivity contribution is -0.142. The van der Waals surface area contributed by atoms with Gasteiger partial charge in [-0.2, -0.15) is 0 Å².